The van der Waals surface area contributed by atoms with E-state index in [2.05, 4.69) is 31.1 Å². The van der Waals surface area contributed by atoms with Crippen LogP contribution in [0.2, 0.25) is 0 Å². The molecule has 0 spiro atoms. The van der Waals surface area contributed by atoms with Crippen molar-refractivity contribution in [2.45, 2.75) is 27.7 Å². The zero-order chi connectivity index (χ0) is 10.4. The van der Waals surface area contributed by atoms with Crippen LogP contribution >= 0.6 is 0 Å². The Bertz CT molecular complexity index is 277. The Hall–Kier alpha value is -1.11. The molecule has 1 heteroatoms. The lowest BCUT2D eigenvalue weighted by Gasteiger charge is -1.98. The predicted molar refractivity (Wildman–Crippen MR) is 60.3 cm³/mol. The van der Waals surface area contributed by atoms with Gasteiger partial charge in [-0.05, 0) is 26.8 Å². The lowest BCUT2D eigenvalue weighted by Crippen LogP contribution is -2.09. The minimum atomic E-state index is 1.09. The molecule has 0 radical (unpaired) electrons. The Morgan fingerprint density at radius 2 is 1.77 bits per heavy atom. The summed E-state index contributed by atoms with van der Waals surface area (Å²) in [6.07, 6.45) is 6.16. The van der Waals surface area contributed by atoms with Gasteiger partial charge in [0.15, 0.2) is 11.9 Å². The molecule has 0 atom stereocenters. The van der Waals surface area contributed by atoms with Crippen LogP contribution in [-0.4, -0.2) is 17.3 Å². The van der Waals surface area contributed by atoms with Gasteiger partial charge >= 0.3 is 0 Å². The van der Waals surface area contributed by atoms with Crippen molar-refractivity contribution in [1.82, 2.24) is 0 Å². The highest BCUT2D eigenvalue weighted by Crippen LogP contribution is 2.01. The second-order valence-corrected chi connectivity index (χ2v) is 3.35. The topological polar surface area (TPSA) is 3.01 Å². The molecule has 0 amide bonds. The highest BCUT2D eigenvalue weighted by molar-refractivity contribution is 5.94. The summed E-state index contributed by atoms with van der Waals surface area (Å²) in [7, 11) is 2.05. The van der Waals surface area contributed by atoms with E-state index in [0.29, 0.717) is 0 Å². The number of hydrogen-bond acceptors (Lipinski definition) is 0. The van der Waals surface area contributed by atoms with E-state index in [9.17, 15) is 0 Å². The fraction of sp³-hybridized carbons (Fsp3) is 0.417. The Morgan fingerprint density at radius 3 is 2.15 bits per heavy atom. The van der Waals surface area contributed by atoms with Gasteiger partial charge in [0.1, 0.15) is 7.05 Å². The number of hydrogen-bond donors (Lipinski definition) is 0. The summed E-state index contributed by atoms with van der Waals surface area (Å²) in [4.78, 5) is 0. The molecule has 0 unspecified atom stereocenters. The quantitative estimate of drug-likeness (QED) is 0.355. The van der Waals surface area contributed by atoms with Gasteiger partial charge in [-0.25, -0.2) is 4.58 Å². The molecule has 0 aromatic rings. The highest BCUT2D eigenvalue weighted by atomic mass is 14.9. The van der Waals surface area contributed by atoms with Crippen molar-refractivity contribution in [2.75, 3.05) is 7.05 Å². The molecule has 13 heavy (non-hydrogen) atoms. The maximum atomic E-state index is 3.86. The second kappa shape index (κ2) is 5.52. The second-order valence-electron chi connectivity index (χ2n) is 3.35. The third-order valence-electron chi connectivity index (χ3n) is 1.94. The van der Waals surface area contributed by atoms with Crippen molar-refractivity contribution >= 4 is 5.71 Å². The van der Waals surface area contributed by atoms with Crippen LogP contribution in [0.5, 0.6) is 0 Å². The SMILES string of the molecule is C=C(C)/C=C(C)/C(C)=[N+](C)\C=C/C. The van der Waals surface area contributed by atoms with Crippen molar-refractivity contribution in [1.29, 1.82) is 0 Å². The molecule has 0 saturated heterocycles. The summed E-state index contributed by atoms with van der Waals surface area (Å²) < 4.78 is 2.11. The van der Waals surface area contributed by atoms with Gasteiger partial charge in [0.05, 0.1) is 0 Å². The molecule has 0 fully saturated rings. The molecule has 0 aliphatic heterocycles. The van der Waals surface area contributed by atoms with Gasteiger partial charge in [-0.3, -0.25) is 0 Å². The smallest absolute Gasteiger partial charge is 0.180 e. The zero-order valence-electron chi connectivity index (χ0n) is 9.39. The van der Waals surface area contributed by atoms with E-state index in [4.69, 9.17) is 0 Å². The monoisotopic (exact) mass is 178 g/mol. The minimum absolute atomic E-state index is 1.09. The first kappa shape index (κ1) is 11.9. The van der Waals surface area contributed by atoms with Crippen LogP contribution in [-0.2, 0) is 0 Å². The molecular formula is C12H20N+. The Kier molecular flexibility index (Phi) is 5.05. The van der Waals surface area contributed by atoms with Gasteiger partial charge in [-0.15, -0.1) is 0 Å². The molecule has 0 N–H and O–H groups in total. The van der Waals surface area contributed by atoms with E-state index in [1.54, 1.807) is 0 Å². The van der Waals surface area contributed by atoms with Crippen molar-refractivity contribution in [3.05, 3.63) is 36.1 Å². The van der Waals surface area contributed by atoms with Gasteiger partial charge in [0.2, 0.25) is 0 Å². The fourth-order valence-electron chi connectivity index (χ4n) is 1.09. The fourth-order valence-corrected chi connectivity index (χ4v) is 1.09. The van der Waals surface area contributed by atoms with Crippen molar-refractivity contribution in [3.63, 3.8) is 0 Å². The minimum Gasteiger partial charge on any atom is -0.205 e. The van der Waals surface area contributed by atoms with Gasteiger partial charge in [-0.1, -0.05) is 18.2 Å². The van der Waals surface area contributed by atoms with Crippen molar-refractivity contribution < 1.29 is 4.58 Å². The van der Waals surface area contributed by atoms with Crippen LogP contribution in [0.15, 0.2) is 36.1 Å². The summed E-state index contributed by atoms with van der Waals surface area (Å²) in [6, 6.07) is 0. The normalized spacial score (nSPS) is 14.7. The predicted octanol–water partition coefficient (Wildman–Crippen LogP) is 3.15. The maximum Gasteiger partial charge on any atom is 0.180 e. The summed E-state index contributed by atoms with van der Waals surface area (Å²) >= 11 is 0. The van der Waals surface area contributed by atoms with Crippen molar-refractivity contribution in [3.8, 4) is 0 Å². The Morgan fingerprint density at radius 1 is 1.23 bits per heavy atom. The summed E-state index contributed by atoms with van der Waals surface area (Å²) in [6.45, 7) is 12.1. The van der Waals surface area contributed by atoms with E-state index in [1.807, 2.05) is 33.2 Å². The molecule has 72 valence electrons. The molecule has 0 bridgehead atoms. The first-order valence-electron chi connectivity index (χ1n) is 4.52. The van der Waals surface area contributed by atoms with Crippen LogP contribution in [0, 0.1) is 0 Å². The molecule has 0 aromatic carbocycles. The van der Waals surface area contributed by atoms with Crippen LogP contribution < -0.4 is 0 Å². The van der Waals surface area contributed by atoms with Gasteiger partial charge in [-0.2, -0.15) is 0 Å². The molecule has 0 rings (SSSR count). The largest absolute Gasteiger partial charge is 0.205 e. The molecule has 0 aliphatic carbocycles. The maximum absolute atomic E-state index is 3.86. The standard InChI is InChI=1S/C12H20N/c1-7-8-13(6)12(5)11(4)9-10(2)3/h7-9H,2H2,1,3-6H3/q+1/b8-7-,11-9+,13-12-. The number of allylic oxidation sites excluding steroid dienone is 4. The lowest BCUT2D eigenvalue weighted by molar-refractivity contribution is -0.422. The van der Waals surface area contributed by atoms with Crippen LogP contribution in [0.25, 0.3) is 0 Å². The van der Waals surface area contributed by atoms with E-state index in [1.165, 1.54) is 11.3 Å². The van der Waals surface area contributed by atoms with Crippen LogP contribution in [0.3, 0.4) is 0 Å². The van der Waals surface area contributed by atoms with Gasteiger partial charge in [0, 0.05) is 12.5 Å². The number of rotatable bonds is 3. The molecule has 0 aliphatic rings. The summed E-state index contributed by atoms with van der Waals surface area (Å²) in [5.41, 5.74) is 3.60. The highest BCUT2D eigenvalue weighted by Gasteiger charge is 2.03. The molecule has 1 nitrogen and oxygen atoms in total. The van der Waals surface area contributed by atoms with E-state index >= 15 is 0 Å². The summed E-state index contributed by atoms with van der Waals surface area (Å²) in [5.74, 6) is 0. The third kappa shape index (κ3) is 4.46. The van der Waals surface area contributed by atoms with Crippen LogP contribution in [0.4, 0.5) is 0 Å². The molecule has 0 aromatic heterocycles. The van der Waals surface area contributed by atoms with Crippen LogP contribution in [0.1, 0.15) is 27.7 Å². The van der Waals surface area contributed by atoms with Crippen molar-refractivity contribution in [2.24, 2.45) is 0 Å². The third-order valence-corrected chi connectivity index (χ3v) is 1.94. The number of nitrogens with zero attached hydrogens (tertiary/aromatic N) is 1. The molecule has 0 heterocycles. The zero-order valence-corrected chi connectivity index (χ0v) is 9.39. The van der Waals surface area contributed by atoms with Gasteiger partial charge in [0.25, 0.3) is 0 Å². The van der Waals surface area contributed by atoms with E-state index in [-0.39, 0.29) is 0 Å². The Balaban J connectivity index is 4.87. The lowest BCUT2D eigenvalue weighted by atomic mass is 10.1. The average molecular weight is 178 g/mol. The Labute approximate surface area is 81.8 Å². The first-order chi connectivity index (χ1) is 5.99. The van der Waals surface area contributed by atoms with E-state index < -0.39 is 0 Å². The molecular weight excluding hydrogens is 158 g/mol. The van der Waals surface area contributed by atoms with Gasteiger partial charge < -0.3 is 0 Å². The first-order valence-corrected chi connectivity index (χ1v) is 4.52. The van der Waals surface area contributed by atoms with E-state index in [0.717, 1.165) is 5.57 Å². The average Bonchev–Trinajstić information content (AvgIpc) is 2.02. The molecule has 0 saturated carbocycles. The summed E-state index contributed by atoms with van der Waals surface area (Å²) in [5, 5.41) is 0.